The first-order valence-corrected chi connectivity index (χ1v) is 10.1. The average molecular weight is 401 g/mol. The fraction of sp³-hybridized carbons (Fsp3) is 0.476. The number of methoxy groups -OCH3 is 1. The normalized spacial score (nSPS) is 14.9. The summed E-state index contributed by atoms with van der Waals surface area (Å²) >= 11 is 6.25. The van der Waals surface area contributed by atoms with Gasteiger partial charge in [0.1, 0.15) is 11.5 Å². The number of ether oxygens (including phenoxy) is 2. The van der Waals surface area contributed by atoms with Gasteiger partial charge in [-0.15, -0.1) is 0 Å². The van der Waals surface area contributed by atoms with Gasteiger partial charge in [-0.3, -0.25) is 0 Å². The molecule has 148 valence electrons. The van der Waals surface area contributed by atoms with Gasteiger partial charge in [0, 0.05) is 5.92 Å². The molecule has 1 saturated carbocycles. The van der Waals surface area contributed by atoms with E-state index in [-0.39, 0.29) is 12.0 Å². The van der Waals surface area contributed by atoms with Gasteiger partial charge in [-0.1, -0.05) is 31.5 Å². The number of nitrogens with zero attached hydrogens (tertiary/aromatic N) is 4. The molecule has 2 aliphatic heterocycles. The van der Waals surface area contributed by atoms with Crippen LogP contribution in [0.4, 0.5) is 0 Å². The van der Waals surface area contributed by atoms with Crippen LogP contribution < -0.4 is 9.47 Å². The van der Waals surface area contributed by atoms with E-state index in [4.69, 9.17) is 21.1 Å². The molecular weight excluding hydrogens is 376 g/mol. The monoisotopic (exact) mass is 400 g/mol. The van der Waals surface area contributed by atoms with Crippen LogP contribution in [0.5, 0.6) is 11.5 Å². The van der Waals surface area contributed by atoms with Gasteiger partial charge in [0.25, 0.3) is 0 Å². The molecule has 4 rings (SSSR count). The Balaban J connectivity index is 1.64. The van der Waals surface area contributed by atoms with Crippen molar-refractivity contribution in [2.45, 2.75) is 58.1 Å². The van der Waals surface area contributed by atoms with E-state index < -0.39 is 0 Å². The van der Waals surface area contributed by atoms with E-state index in [1.54, 1.807) is 13.4 Å². The molecule has 7 heteroatoms. The van der Waals surface area contributed by atoms with Crippen LogP contribution >= 0.6 is 11.6 Å². The molecule has 0 N–H and O–H groups in total. The van der Waals surface area contributed by atoms with Crippen molar-refractivity contribution in [3.8, 4) is 23.0 Å². The van der Waals surface area contributed by atoms with Crippen LogP contribution in [-0.2, 0) is 6.54 Å². The maximum absolute atomic E-state index is 6.25. The SMILES string of the molecule is COc1ccc(Cn2cnc(Cl)c3nc(C(C)C)nc2-3)cc1OC1CCCC1. The second-order valence-electron chi connectivity index (χ2n) is 7.58. The molecule has 0 radical (unpaired) electrons. The number of benzene rings is 1. The Labute approximate surface area is 170 Å². The van der Waals surface area contributed by atoms with Gasteiger partial charge in [0.15, 0.2) is 22.5 Å². The van der Waals surface area contributed by atoms with Crippen molar-refractivity contribution < 1.29 is 9.47 Å². The number of hydrogen-bond donors (Lipinski definition) is 0. The van der Waals surface area contributed by atoms with Gasteiger partial charge in [-0.25, -0.2) is 15.0 Å². The Bertz CT molecular complexity index is 934. The van der Waals surface area contributed by atoms with Crippen LogP contribution in [0.1, 0.15) is 56.8 Å². The molecule has 1 aliphatic carbocycles. The Hall–Kier alpha value is -2.34. The summed E-state index contributed by atoms with van der Waals surface area (Å²) in [6.07, 6.45) is 6.65. The predicted molar refractivity (Wildman–Crippen MR) is 109 cm³/mol. The zero-order valence-electron chi connectivity index (χ0n) is 16.5. The number of fused-ring (bicyclic) bond motifs is 1. The molecule has 0 bridgehead atoms. The van der Waals surface area contributed by atoms with Crippen LogP contribution in [0.25, 0.3) is 11.5 Å². The largest absolute Gasteiger partial charge is 0.493 e. The topological polar surface area (TPSA) is 62.1 Å². The summed E-state index contributed by atoms with van der Waals surface area (Å²) in [4.78, 5) is 13.5. The van der Waals surface area contributed by atoms with E-state index >= 15 is 0 Å². The zero-order valence-corrected chi connectivity index (χ0v) is 17.2. The molecule has 0 spiro atoms. The van der Waals surface area contributed by atoms with E-state index in [1.165, 1.54) is 12.8 Å². The lowest BCUT2D eigenvalue weighted by atomic mass is 10.2. The molecule has 0 aromatic heterocycles. The number of aromatic nitrogens is 4. The van der Waals surface area contributed by atoms with Crippen LogP contribution in [0.15, 0.2) is 24.5 Å². The fourth-order valence-electron chi connectivity index (χ4n) is 3.59. The van der Waals surface area contributed by atoms with Gasteiger partial charge >= 0.3 is 0 Å². The Kier molecular flexibility index (Phi) is 5.40. The van der Waals surface area contributed by atoms with Crippen molar-refractivity contribution >= 4 is 11.6 Å². The third-order valence-corrected chi connectivity index (χ3v) is 5.41. The van der Waals surface area contributed by atoms with E-state index in [1.807, 2.05) is 22.8 Å². The number of hydrogen-bond acceptors (Lipinski definition) is 5. The van der Waals surface area contributed by atoms with E-state index in [2.05, 4.69) is 28.8 Å². The number of rotatable bonds is 6. The minimum atomic E-state index is 0.226. The molecular formula is C21H25ClN4O2. The highest BCUT2D eigenvalue weighted by Crippen LogP contribution is 2.33. The molecule has 1 aromatic rings. The van der Waals surface area contributed by atoms with E-state index in [0.717, 1.165) is 41.6 Å². The summed E-state index contributed by atoms with van der Waals surface area (Å²) in [5, 5.41) is 0.380. The van der Waals surface area contributed by atoms with Gasteiger partial charge in [-0.2, -0.15) is 0 Å². The molecule has 6 nitrogen and oxygen atoms in total. The summed E-state index contributed by atoms with van der Waals surface area (Å²) in [6, 6.07) is 6.04. The minimum Gasteiger partial charge on any atom is -0.493 e. The smallest absolute Gasteiger partial charge is 0.165 e. The Morgan fingerprint density at radius 3 is 2.68 bits per heavy atom. The summed E-state index contributed by atoms with van der Waals surface area (Å²) in [5.74, 6) is 3.30. The molecule has 1 aromatic carbocycles. The van der Waals surface area contributed by atoms with Crippen LogP contribution in [0, 0.1) is 0 Å². The third kappa shape index (κ3) is 3.78. The van der Waals surface area contributed by atoms with Gasteiger partial charge in [-0.05, 0) is 43.4 Å². The molecule has 1 fully saturated rings. The van der Waals surface area contributed by atoms with Crippen molar-refractivity contribution in [2.24, 2.45) is 0 Å². The van der Waals surface area contributed by atoms with Crippen molar-refractivity contribution in [1.29, 1.82) is 0 Å². The van der Waals surface area contributed by atoms with Crippen LogP contribution in [0.2, 0.25) is 5.15 Å². The quantitative estimate of drug-likeness (QED) is 0.549. The van der Waals surface area contributed by atoms with Crippen LogP contribution in [-0.4, -0.2) is 32.7 Å². The predicted octanol–water partition coefficient (Wildman–Crippen LogP) is 4.93. The number of halogens is 1. The van der Waals surface area contributed by atoms with Gasteiger partial charge < -0.3 is 14.0 Å². The summed E-state index contributed by atoms with van der Waals surface area (Å²) in [5.41, 5.74) is 1.72. The van der Waals surface area contributed by atoms with Crippen molar-refractivity contribution in [3.63, 3.8) is 0 Å². The maximum Gasteiger partial charge on any atom is 0.165 e. The maximum atomic E-state index is 6.25. The highest BCUT2D eigenvalue weighted by molar-refractivity contribution is 6.31. The highest BCUT2D eigenvalue weighted by atomic mass is 35.5. The summed E-state index contributed by atoms with van der Waals surface area (Å²) < 4.78 is 13.7. The molecule has 28 heavy (non-hydrogen) atoms. The second kappa shape index (κ2) is 7.95. The standard InChI is InChI=1S/C21H25ClN4O2/c1-13(2)20-24-18-19(22)23-12-26(21(18)25-20)11-14-8-9-16(27-3)17(10-14)28-15-6-4-5-7-15/h8-10,12-13,15H,4-7,11H2,1-3H3. The molecule has 0 amide bonds. The van der Waals surface area contributed by atoms with Gasteiger partial charge in [0.2, 0.25) is 0 Å². The highest BCUT2D eigenvalue weighted by Gasteiger charge is 2.22. The summed E-state index contributed by atoms with van der Waals surface area (Å²) in [7, 11) is 1.67. The molecule has 0 saturated heterocycles. The molecule has 3 aliphatic rings. The summed E-state index contributed by atoms with van der Waals surface area (Å²) in [6.45, 7) is 4.73. The molecule has 2 heterocycles. The Morgan fingerprint density at radius 2 is 1.96 bits per heavy atom. The number of imidazole rings is 1. The third-order valence-electron chi connectivity index (χ3n) is 5.13. The fourth-order valence-corrected chi connectivity index (χ4v) is 3.76. The van der Waals surface area contributed by atoms with Crippen molar-refractivity contribution in [2.75, 3.05) is 7.11 Å². The average Bonchev–Trinajstić information content (AvgIpc) is 3.35. The lowest BCUT2D eigenvalue weighted by molar-refractivity contribution is 0.200. The van der Waals surface area contributed by atoms with Crippen LogP contribution in [0.3, 0.4) is 0 Å². The van der Waals surface area contributed by atoms with E-state index in [9.17, 15) is 0 Å². The lowest BCUT2D eigenvalue weighted by Crippen LogP contribution is -2.12. The van der Waals surface area contributed by atoms with E-state index in [0.29, 0.717) is 17.4 Å². The second-order valence-corrected chi connectivity index (χ2v) is 7.94. The molecule has 0 unspecified atom stereocenters. The Morgan fingerprint density at radius 1 is 1.18 bits per heavy atom. The first kappa shape index (κ1) is 19.0. The zero-order chi connectivity index (χ0) is 19.7. The minimum absolute atomic E-state index is 0.226. The first-order chi connectivity index (χ1) is 13.5. The molecule has 0 atom stereocenters. The van der Waals surface area contributed by atoms with Crippen molar-refractivity contribution in [1.82, 2.24) is 19.5 Å². The first-order valence-electron chi connectivity index (χ1n) is 9.77. The lowest BCUT2D eigenvalue weighted by Gasteiger charge is -2.17. The van der Waals surface area contributed by atoms with Crippen molar-refractivity contribution in [3.05, 3.63) is 41.1 Å². The van der Waals surface area contributed by atoms with Gasteiger partial charge in [0.05, 0.1) is 26.1 Å².